The summed E-state index contributed by atoms with van der Waals surface area (Å²) >= 11 is 0. The number of methoxy groups -OCH3 is 1. The Bertz CT molecular complexity index is 938. The lowest BCUT2D eigenvalue weighted by Crippen LogP contribution is -2.66. The number of aliphatic carboxylic acids is 1. The molecule has 0 saturated heterocycles. The Labute approximate surface area is 213 Å². The molecule has 0 amide bonds. The minimum Gasteiger partial charge on any atom is -0.481 e. The minimum absolute atomic E-state index is 0.0215. The number of carboxylic acids is 1. The molecule has 0 bridgehead atoms. The van der Waals surface area contributed by atoms with Gasteiger partial charge in [0.05, 0.1) is 17.6 Å². The van der Waals surface area contributed by atoms with Gasteiger partial charge in [-0.05, 0) is 104 Å². The molecule has 0 aromatic heterocycles. The molecule has 4 nitrogen and oxygen atoms in total. The summed E-state index contributed by atoms with van der Waals surface area (Å²) in [5.41, 5.74) is 1.32. The van der Waals surface area contributed by atoms with Gasteiger partial charge >= 0.3 is 5.97 Å². The fraction of sp³-hybridized carbons (Fsp3) is 0.903. The Morgan fingerprint density at radius 3 is 2.23 bits per heavy atom. The third-order valence-electron chi connectivity index (χ3n) is 13.5. The second-order valence-electron chi connectivity index (χ2n) is 15.3. The van der Waals surface area contributed by atoms with Crippen molar-refractivity contribution in [2.24, 2.45) is 50.2 Å². The van der Waals surface area contributed by atoms with E-state index in [1.165, 1.54) is 19.3 Å². The molecule has 0 radical (unpaired) electrons. The molecule has 0 heterocycles. The van der Waals surface area contributed by atoms with Crippen LogP contribution in [0.25, 0.3) is 0 Å². The van der Waals surface area contributed by atoms with Gasteiger partial charge in [0, 0.05) is 12.5 Å². The highest BCUT2D eigenvalue weighted by molar-refractivity contribution is 5.76. The van der Waals surface area contributed by atoms with E-state index >= 15 is 0 Å². The van der Waals surface area contributed by atoms with Crippen LogP contribution in [-0.4, -0.2) is 35.5 Å². The van der Waals surface area contributed by atoms with Crippen molar-refractivity contribution in [2.75, 3.05) is 7.11 Å². The maximum absolute atomic E-state index is 12.5. The Morgan fingerprint density at radius 1 is 0.914 bits per heavy atom. The van der Waals surface area contributed by atoms with Gasteiger partial charge < -0.3 is 14.9 Å². The van der Waals surface area contributed by atoms with E-state index in [4.69, 9.17) is 4.74 Å². The van der Waals surface area contributed by atoms with E-state index in [2.05, 4.69) is 47.6 Å². The Hall–Kier alpha value is -0.870. The number of carbonyl (C=O) groups is 1. The van der Waals surface area contributed by atoms with Crippen molar-refractivity contribution in [3.05, 3.63) is 11.6 Å². The molecule has 4 fully saturated rings. The predicted molar refractivity (Wildman–Crippen MR) is 139 cm³/mol. The zero-order valence-electron chi connectivity index (χ0n) is 23.5. The lowest BCUT2D eigenvalue weighted by Gasteiger charge is -2.71. The Kier molecular flexibility index (Phi) is 5.59. The first-order valence-electron chi connectivity index (χ1n) is 14.2. The van der Waals surface area contributed by atoms with Crippen molar-refractivity contribution in [3.63, 3.8) is 0 Å². The van der Waals surface area contributed by atoms with Crippen LogP contribution in [0.15, 0.2) is 11.6 Å². The van der Waals surface area contributed by atoms with Crippen LogP contribution < -0.4 is 0 Å². The molecule has 5 aliphatic rings. The largest absolute Gasteiger partial charge is 0.481 e. The van der Waals surface area contributed by atoms with Crippen LogP contribution in [0.4, 0.5) is 0 Å². The van der Waals surface area contributed by atoms with Crippen molar-refractivity contribution in [3.8, 4) is 0 Å². The number of fused-ring (bicyclic) bond motifs is 7. The number of carboxylic acid groups (broad SMARTS) is 1. The Morgan fingerprint density at radius 2 is 1.60 bits per heavy atom. The summed E-state index contributed by atoms with van der Waals surface area (Å²) in [4.78, 5) is 12.5. The molecule has 198 valence electrons. The van der Waals surface area contributed by atoms with E-state index < -0.39 is 17.5 Å². The van der Waals surface area contributed by atoms with Crippen molar-refractivity contribution >= 4 is 5.97 Å². The van der Waals surface area contributed by atoms with Gasteiger partial charge in [-0.1, -0.05) is 53.2 Å². The van der Waals surface area contributed by atoms with E-state index in [1.54, 1.807) is 5.57 Å². The fourth-order valence-electron chi connectivity index (χ4n) is 11.0. The van der Waals surface area contributed by atoms with E-state index in [-0.39, 0.29) is 33.0 Å². The van der Waals surface area contributed by atoms with Crippen molar-refractivity contribution in [2.45, 2.75) is 118 Å². The smallest absolute Gasteiger partial charge is 0.312 e. The molecule has 2 N–H and O–H groups in total. The van der Waals surface area contributed by atoms with Crippen molar-refractivity contribution in [1.29, 1.82) is 0 Å². The molecule has 5 rings (SSSR count). The van der Waals surface area contributed by atoms with Gasteiger partial charge in [-0.25, -0.2) is 0 Å². The summed E-state index contributed by atoms with van der Waals surface area (Å²) in [6, 6.07) is 0. The number of ether oxygens (including phenoxy) is 1. The zero-order valence-corrected chi connectivity index (χ0v) is 23.5. The van der Waals surface area contributed by atoms with Gasteiger partial charge in [0.1, 0.15) is 0 Å². The van der Waals surface area contributed by atoms with Crippen LogP contribution in [0.1, 0.15) is 106 Å². The van der Waals surface area contributed by atoms with Gasteiger partial charge in [0.25, 0.3) is 0 Å². The number of rotatable bonds is 2. The number of allylic oxidation sites excluding steroid dienone is 2. The SMILES string of the molecule is CO[C@@H]1CC(C)(C)C[C@@H]2C3=CC[C@@H]4[C@@]5(C)CC[C@H](O)C(C)(C(=O)O)C5CC[C@@]4(C)[C@]3(C)CC[C@]21C. The number of hydrogen-bond acceptors (Lipinski definition) is 3. The van der Waals surface area contributed by atoms with Gasteiger partial charge in [-0.2, -0.15) is 0 Å². The number of aliphatic hydroxyl groups is 1. The summed E-state index contributed by atoms with van der Waals surface area (Å²) < 4.78 is 6.18. The third kappa shape index (κ3) is 3.08. The quantitative estimate of drug-likeness (QED) is 0.419. The topological polar surface area (TPSA) is 66.8 Å². The fourth-order valence-corrected chi connectivity index (χ4v) is 11.0. The van der Waals surface area contributed by atoms with Crippen molar-refractivity contribution < 1.29 is 19.7 Å². The van der Waals surface area contributed by atoms with Gasteiger partial charge in [-0.15, -0.1) is 0 Å². The van der Waals surface area contributed by atoms with Crippen LogP contribution >= 0.6 is 0 Å². The van der Waals surface area contributed by atoms with Crippen LogP contribution in [0.3, 0.4) is 0 Å². The zero-order chi connectivity index (χ0) is 25.8. The number of hydrogen-bond donors (Lipinski definition) is 2. The lowest BCUT2D eigenvalue weighted by molar-refractivity contribution is -0.219. The summed E-state index contributed by atoms with van der Waals surface area (Å²) in [6.07, 6.45) is 11.5. The summed E-state index contributed by atoms with van der Waals surface area (Å²) in [5, 5.41) is 21.2. The van der Waals surface area contributed by atoms with Crippen LogP contribution in [0.2, 0.25) is 0 Å². The molecule has 5 aliphatic carbocycles. The highest BCUT2D eigenvalue weighted by atomic mass is 16.5. The van der Waals surface area contributed by atoms with Crippen LogP contribution in [0.5, 0.6) is 0 Å². The monoisotopic (exact) mass is 486 g/mol. The second-order valence-corrected chi connectivity index (χ2v) is 15.3. The molecular weight excluding hydrogens is 436 g/mol. The average Bonchev–Trinajstić information content (AvgIpc) is 2.77. The predicted octanol–water partition coefficient (Wildman–Crippen LogP) is 6.86. The Balaban J connectivity index is 1.59. The lowest BCUT2D eigenvalue weighted by atomic mass is 9.33. The summed E-state index contributed by atoms with van der Waals surface area (Å²) in [7, 11) is 1.91. The van der Waals surface area contributed by atoms with E-state index in [9.17, 15) is 15.0 Å². The maximum atomic E-state index is 12.5. The second kappa shape index (κ2) is 7.59. The van der Waals surface area contributed by atoms with Gasteiger partial charge in [0.15, 0.2) is 0 Å². The minimum atomic E-state index is -1.05. The molecule has 4 saturated carbocycles. The van der Waals surface area contributed by atoms with E-state index in [0.717, 1.165) is 32.1 Å². The number of aliphatic hydroxyl groups excluding tert-OH is 1. The summed E-state index contributed by atoms with van der Waals surface area (Å²) in [6.45, 7) is 16.7. The average molecular weight is 487 g/mol. The first kappa shape index (κ1) is 25.8. The highest BCUT2D eigenvalue weighted by Gasteiger charge is 2.70. The van der Waals surface area contributed by atoms with E-state index in [1.807, 2.05) is 14.0 Å². The maximum Gasteiger partial charge on any atom is 0.312 e. The first-order valence-corrected chi connectivity index (χ1v) is 14.2. The molecule has 35 heavy (non-hydrogen) atoms. The molecule has 10 atom stereocenters. The molecular formula is C31H50O4. The molecule has 0 spiro atoms. The van der Waals surface area contributed by atoms with Gasteiger partial charge in [0.2, 0.25) is 0 Å². The standard InChI is InChI=1S/C31H50O4/c1-26(2)17-20-19-9-10-21-28(4)13-12-23(32)31(7,25(33)34)22(28)11-14-30(21,6)29(19,5)16-15-27(20,3)24(18-26)35-8/h9,20-24,32H,10-18H2,1-8H3,(H,33,34)/t20-,21-,22?,23+,24-,27-,28-,29-,30-,31?/m1/s1. The molecule has 2 unspecified atom stereocenters. The molecule has 0 aromatic rings. The van der Waals surface area contributed by atoms with Crippen LogP contribution in [0, 0.1) is 50.2 Å². The normalized spacial score (nSPS) is 55.0. The highest BCUT2D eigenvalue weighted by Crippen LogP contribution is 2.75. The first-order chi connectivity index (χ1) is 16.1. The van der Waals surface area contributed by atoms with E-state index in [0.29, 0.717) is 24.4 Å². The molecule has 0 aliphatic heterocycles. The van der Waals surface area contributed by atoms with Crippen LogP contribution in [-0.2, 0) is 9.53 Å². The molecule has 4 heteroatoms. The third-order valence-corrected chi connectivity index (χ3v) is 13.5. The molecule has 0 aromatic carbocycles. The summed E-state index contributed by atoms with van der Waals surface area (Å²) in [5.74, 6) is 0.211. The van der Waals surface area contributed by atoms with Gasteiger partial charge in [-0.3, -0.25) is 4.79 Å². The van der Waals surface area contributed by atoms with Crippen molar-refractivity contribution in [1.82, 2.24) is 0 Å².